The fourth-order valence-corrected chi connectivity index (χ4v) is 1.97. The summed E-state index contributed by atoms with van der Waals surface area (Å²) in [6.45, 7) is 3.83. The van der Waals surface area contributed by atoms with E-state index in [4.69, 9.17) is 13.9 Å². The highest BCUT2D eigenvalue weighted by molar-refractivity contribution is 9.10. The molecule has 2 rings (SSSR count). The summed E-state index contributed by atoms with van der Waals surface area (Å²) in [7, 11) is 0. The van der Waals surface area contributed by atoms with Crippen molar-refractivity contribution >= 4 is 21.9 Å². The fourth-order valence-electron chi connectivity index (χ4n) is 1.66. The molecule has 0 aliphatic carbocycles. The lowest BCUT2D eigenvalue weighted by Crippen LogP contribution is -2.40. The Morgan fingerprint density at radius 2 is 2.15 bits per heavy atom. The number of carbonyl (C=O) groups is 1. The topological polar surface area (TPSA) is 101 Å². The number of halogens is 1. The molecule has 1 atom stereocenters. The first-order valence-electron chi connectivity index (χ1n) is 6.01. The number of rotatable bonds is 6. The molecule has 0 aliphatic heterocycles. The number of aromatic nitrogens is 2. The largest absolute Gasteiger partial charge is 0.480 e. The first kappa shape index (κ1) is 14.7. The maximum atomic E-state index is 11.0. The van der Waals surface area contributed by atoms with Gasteiger partial charge in [-0.25, -0.2) is 0 Å². The minimum atomic E-state index is -0.908. The summed E-state index contributed by atoms with van der Waals surface area (Å²) in [5.41, 5.74) is 0. The Morgan fingerprint density at radius 1 is 1.40 bits per heavy atom. The molecule has 0 fully saturated rings. The molecular formula is C12H14BrN3O4. The number of nitrogens with one attached hydrogen (secondary N) is 1. The monoisotopic (exact) mass is 343 g/mol. The molecule has 0 saturated carbocycles. The van der Waals surface area contributed by atoms with Gasteiger partial charge in [0.25, 0.3) is 5.89 Å². The molecule has 0 amide bonds. The van der Waals surface area contributed by atoms with Crippen LogP contribution in [0.15, 0.2) is 25.6 Å². The van der Waals surface area contributed by atoms with Crippen molar-refractivity contribution in [3.8, 4) is 11.7 Å². The first-order chi connectivity index (χ1) is 9.47. The average molecular weight is 344 g/mol. The first-order valence-corrected chi connectivity index (χ1v) is 6.81. The molecule has 2 N–H and O–H groups in total. The zero-order valence-corrected chi connectivity index (χ0v) is 12.5. The van der Waals surface area contributed by atoms with Crippen molar-refractivity contribution in [2.24, 2.45) is 5.92 Å². The molecule has 0 aliphatic rings. The Labute approximate surface area is 123 Å². The SMILES string of the molecule is CC(C)C(NCc1nnc(-c2ccc(Br)o2)o1)C(=O)O. The molecule has 0 spiro atoms. The van der Waals surface area contributed by atoms with Crippen molar-refractivity contribution in [2.75, 3.05) is 0 Å². The Balaban J connectivity index is 2.01. The van der Waals surface area contributed by atoms with Crippen LogP contribution in [0, 0.1) is 5.92 Å². The number of aliphatic carboxylic acids is 1. The quantitative estimate of drug-likeness (QED) is 0.829. The number of furan rings is 1. The molecule has 108 valence electrons. The van der Waals surface area contributed by atoms with Gasteiger partial charge in [-0.2, -0.15) is 0 Å². The van der Waals surface area contributed by atoms with Crippen molar-refractivity contribution in [1.29, 1.82) is 0 Å². The van der Waals surface area contributed by atoms with E-state index in [1.807, 2.05) is 13.8 Å². The summed E-state index contributed by atoms with van der Waals surface area (Å²) in [5, 5.41) is 19.6. The van der Waals surface area contributed by atoms with Crippen LogP contribution in [0.25, 0.3) is 11.7 Å². The van der Waals surface area contributed by atoms with E-state index < -0.39 is 12.0 Å². The standard InChI is InChI=1S/C12H14BrN3O4/c1-6(2)10(12(17)18)14-5-9-15-16-11(20-9)7-3-4-8(13)19-7/h3-4,6,10,14H,5H2,1-2H3,(H,17,18). The van der Waals surface area contributed by atoms with Gasteiger partial charge < -0.3 is 13.9 Å². The summed E-state index contributed by atoms with van der Waals surface area (Å²) < 4.78 is 11.3. The molecule has 8 heteroatoms. The summed E-state index contributed by atoms with van der Waals surface area (Å²) in [6.07, 6.45) is 0. The fraction of sp³-hybridized carbons (Fsp3) is 0.417. The van der Waals surface area contributed by atoms with Crippen molar-refractivity contribution in [1.82, 2.24) is 15.5 Å². The van der Waals surface area contributed by atoms with Crippen LogP contribution in [0.2, 0.25) is 0 Å². The van der Waals surface area contributed by atoms with Crippen LogP contribution in [0.4, 0.5) is 0 Å². The Hall–Kier alpha value is -1.67. The van der Waals surface area contributed by atoms with E-state index in [2.05, 4.69) is 31.4 Å². The van der Waals surface area contributed by atoms with Crippen molar-refractivity contribution in [3.05, 3.63) is 22.7 Å². The van der Waals surface area contributed by atoms with Gasteiger partial charge in [-0.15, -0.1) is 10.2 Å². The lowest BCUT2D eigenvalue weighted by molar-refractivity contribution is -0.140. The van der Waals surface area contributed by atoms with E-state index in [-0.39, 0.29) is 18.4 Å². The molecular weight excluding hydrogens is 330 g/mol. The van der Waals surface area contributed by atoms with E-state index in [0.717, 1.165) is 0 Å². The minimum Gasteiger partial charge on any atom is -0.480 e. The third-order valence-corrected chi connectivity index (χ3v) is 3.08. The summed E-state index contributed by atoms with van der Waals surface area (Å²) in [4.78, 5) is 11.0. The maximum absolute atomic E-state index is 11.0. The van der Waals surface area contributed by atoms with Crippen LogP contribution >= 0.6 is 15.9 Å². The highest BCUT2D eigenvalue weighted by Crippen LogP contribution is 2.23. The molecule has 2 aromatic rings. The predicted molar refractivity (Wildman–Crippen MR) is 72.8 cm³/mol. The highest BCUT2D eigenvalue weighted by atomic mass is 79.9. The van der Waals surface area contributed by atoms with Gasteiger partial charge in [-0.05, 0) is 34.0 Å². The van der Waals surface area contributed by atoms with Crippen molar-refractivity contribution < 1.29 is 18.7 Å². The van der Waals surface area contributed by atoms with Crippen molar-refractivity contribution in [2.45, 2.75) is 26.4 Å². The Morgan fingerprint density at radius 3 is 2.70 bits per heavy atom. The van der Waals surface area contributed by atoms with Gasteiger partial charge in [0.15, 0.2) is 10.4 Å². The Bertz CT molecular complexity index is 593. The predicted octanol–water partition coefficient (Wildman–Crippen LogP) is 2.29. The van der Waals surface area contributed by atoms with Gasteiger partial charge >= 0.3 is 5.97 Å². The van der Waals surface area contributed by atoms with Crippen LogP contribution < -0.4 is 5.32 Å². The third kappa shape index (κ3) is 3.45. The molecule has 2 aromatic heterocycles. The number of carboxylic acid groups (broad SMARTS) is 1. The molecule has 2 heterocycles. The van der Waals surface area contributed by atoms with E-state index in [1.54, 1.807) is 12.1 Å². The van der Waals surface area contributed by atoms with E-state index in [9.17, 15) is 4.79 Å². The van der Waals surface area contributed by atoms with E-state index >= 15 is 0 Å². The van der Waals surface area contributed by atoms with Crippen LogP contribution in [0.5, 0.6) is 0 Å². The van der Waals surface area contributed by atoms with Gasteiger partial charge in [0, 0.05) is 0 Å². The van der Waals surface area contributed by atoms with Gasteiger partial charge in [-0.1, -0.05) is 13.8 Å². The summed E-state index contributed by atoms with van der Waals surface area (Å²) in [6, 6.07) is 2.75. The second-order valence-electron chi connectivity index (χ2n) is 4.55. The smallest absolute Gasteiger partial charge is 0.320 e. The van der Waals surface area contributed by atoms with Crippen LogP contribution in [-0.2, 0) is 11.3 Å². The van der Waals surface area contributed by atoms with Gasteiger partial charge in [-0.3, -0.25) is 10.1 Å². The molecule has 7 nitrogen and oxygen atoms in total. The Kier molecular flexibility index (Phi) is 4.56. The minimum absolute atomic E-state index is 0.0454. The average Bonchev–Trinajstić information content (AvgIpc) is 2.97. The molecule has 0 bridgehead atoms. The summed E-state index contributed by atoms with van der Waals surface area (Å²) >= 11 is 3.18. The number of hydrogen-bond donors (Lipinski definition) is 2. The van der Waals surface area contributed by atoms with Gasteiger partial charge in [0.05, 0.1) is 6.54 Å². The molecule has 0 saturated heterocycles. The zero-order valence-electron chi connectivity index (χ0n) is 11.0. The van der Waals surface area contributed by atoms with Crippen molar-refractivity contribution in [3.63, 3.8) is 0 Å². The molecule has 20 heavy (non-hydrogen) atoms. The van der Waals surface area contributed by atoms with Gasteiger partial charge in [0.2, 0.25) is 5.89 Å². The highest BCUT2D eigenvalue weighted by Gasteiger charge is 2.21. The lowest BCUT2D eigenvalue weighted by Gasteiger charge is -2.16. The summed E-state index contributed by atoms with van der Waals surface area (Å²) in [5.74, 6) is 0.0586. The van der Waals surface area contributed by atoms with Gasteiger partial charge in [0.1, 0.15) is 6.04 Å². The number of hydrogen-bond acceptors (Lipinski definition) is 6. The molecule has 0 aromatic carbocycles. The van der Waals surface area contributed by atoms with E-state index in [0.29, 0.717) is 16.3 Å². The molecule has 0 radical (unpaired) electrons. The van der Waals surface area contributed by atoms with E-state index in [1.165, 1.54) is 0 Å². The maximum Gasteiger partial charge on any atom is 0.320 e. The number of carboxylic acids is 1. The second-order valence-corrected chi connectivity index (χ2v) is 5.33. The van der Waals surface area contributed by atoms with Crippen LogP contribution in [0.1, 0.15) is 19.7 Å². The van der Waals surface area contributed by atoms with Crippen LogP contribution in [0.3, 0.4) is 0 Å². The molecule has 1 unspecified atom stereocenters. The van der Waals surface area contributed by atoms with Crippen LogP contribution in [-0.4, -0.2) is 27.3 Å². The lowest BCUT2D eigenvalue weighted by atomic mass is 10.1. The zero-order chi connectivity index (χ0) is 14.7. The third-order valence-electron chi connectivity index (χ3n) is 2.66. The normalized spacial score (nSPS) is 12.8. The number of nitrogens with zero attached hydrogens (tertiary/aromatic N) is 2. The second kappa shape index (κ2) is 6.19.